The Morgan fingerprint density at radius 3 is 2.30 bits per heavy atom. The summed E-state index contributed by atoms with van der Waals surface area (Å²) in [6.45, 7) is 3.54. The van der Waals surface area contributed by atoms with E-state index in [1.54, 1.807) is 12.5 Å². The number of ether oxygens (including phenoxy) is 1. The van der Waals surface area contributed by atoms with Crippen molar-refractivity contribution in [1.29, 1.82) is 0 Å². The maximum atomic E-state index is 13.8. The number of amides is 1. The van der Waals surface area contributed by atoms with Crippen LogP contribution < -0.4 is 4.74 Å². The van der Waals surface area contributed by atoms with Crippen molar-refractivity contribution >= 4 is 5.91 Å². The van der Waals surface area contributed by atoms with Crippen LogP contribution in [-0.4, -0.2) is 48.0 Å². The molecule has 4 rings (SSSR count). The van der Waals surface area contributed by atoms with E-state index in [9.17, 15) is 18.0 Å². The standard InChI is InChI=1S/C22H25F3N2O3/c23-17-11-19(24)21(20(25)12-17)30-18-3-8-27(9-4-18)22(28)16-1-6-26(7-2-16)13-15-5-10-29-14-15/h5,10-12,14,16,18H,1-4,6-9,13H2. The van der Waals surface area contributed by atoms with Gasteiger partial charge in [-0.05, 0) is 32.0 Å². The lowest BCUT2D eigenvalue weighted by Crippen LogP contribution is -2.47. The van der Waals surface area contributed by atoms with Crippen LogP contribution in [0, 0.1) is 23.4 Å². The van der Waals surface area contributed by atoms with Crippen LogP contribution in [0.15, 0.2) is 35.1 Å². The van der Waals surface area contributed by atoms with Gasteiger partial charge in [-0.2, -0.15) is 0 Å². The molecule has 0 N–H and O–H groups in total. The Hall–Kier alpha value is -2.48. The van der Waals surface area contributed by atoms with Crippen LogP contribution in [-0.2, 0) is 11.3 Å². The highest BCUT2D eigenvalue weighted by atomic mass is 19.1. The van der Waals surface area contributed by atoms with Gasteiger partial charge >= 0.3 is 0 Å². The van der Waals surface area contributed by atoms with Crippen LogP contribution in [0.25, 0.3) is 0 Å². The van der Waals surface area contributed by atoms with Crippen molar-refractivity contribution in [2.75, 3.05) is 26.2 Å². The molecule has 162 valence electrons. The van der Waals surface area contributed by atoms with Crippen molar-refractivity contribution in [3.8, 4) is 5.75 Å². The number of nitrogens with zero attached hydrogens (tertiary/aromatic N) is 2. The number of halogens is 3. The second-order valence-corrected chi connectivity index (χ2v) is 8.02. The van der Waals surface area contributed by atoms with Gasteiger partial charge in [-0.15, -0.1) is 0 Å². The average Bonchev–Trinajstić information content (AvgIpc) is 3.24. The molecule has 2 aliphatic rings. The molecule has 8 heteroatoms. The smallest absolute Gasteiger partial charge is 0.225 e. The first kappa shape index (κ1) is 20.8. The summed E-state index contributed by atoms with van der Waals surface area (Å²) in [5.41, 5.74) is 1.14. The van der Waals surface area contributed by atoms with Gasteiger partial charge in [-0.3, -0.25) is 9.69 Å². The second kappa shape index (κ2) is 9.12. The fourth-order valence-electron chi connectivity index (χ4n) is 4.24. The lowest BCUT2D eigenvalue weighted by Gasteiger charge is -2.37. The first-order valence-electron chi connectivity index (χ1n) is 10.3. The summed E-state index contributed by atoms with van der Waals surface area (Å²) in [5, 5.41) is 0. The maximum Gasteiger partial charge on any atom is 0.225 e. The molecule has 2 aromatic rings. The summed E-state index contributed by atoms with van der Waals surface area (Å²) in [4.78, 5) is 17.0. The number of rotatable bonds is 5. The Kier molecular flexibility index (Phi) is 6.32. The molecule has 0 aliphatic carbocycles. The predicted octanol–water partition coefficient (Wildman–Crippen LogP) is 3.98. The Balaban J connectivity index is 1.24. The zero-order valence-electron chi connectivity index (χ0n) is 16.7. The number of furan rings is 1. The SMILES string of the molecule is O=C(C1CCN(Cc2ccoc2)CC1)N1CCC(Oc2c(F)cc(F)cc2F)CC1. The molecule has 0 radical (unpaired) electrons. The molecule has 2 saturated heterocycles. The third kappa shape index (κ3) is 4.80. The van der Waals surface area contributed by atoms with E-state index in [0.717, 1.165) is 38.0 Å². The number of carbonyl (C=O) groups excluding carboxylic acids is 1. The Bertz CT molecular complexity index is 836. The summed E-state index contributed by atoms with van der Waals surface area (Å²) in [7, 11) is 0. The summed E-state index contributed by atoms with van der Waals surface area (Å²) in [5.74, 6) is -3.47. The van der Waals surface area contributed by atoms with Crippen LogP contribution in [0.1, 0.15) is 31.2 Å². The zero-order chi connectivity index (χ0) is 21.1. The van der Waals surface area contributed by atoms with Gasteiger partial charge in [-0.1, -0.05) is 0 Å². The molecule has 30 heavy (non-hydrogen) atoms. The molecule has 1 amide bonds. The van der Waals surface area contributed by atoms with Crippen molar-refractivity contribution in [3.63, 3.8) is 0 Å². The summed E-state index contributed by atoms with van der Waals surface area (Å²) in [6.07, 6.45) is 5.62. The number of piperidine rings is 2. The number of benzene rings is 1. The molecular formula is C22H25F3N2O3. The lowest BCUT2D eigenvalue weighted by molar-refractivity contribution is -0.139. The molecule has 1 aromatic heterocycles. The normalized spacial score (nSPS) is 19.2. The first-order chi connectivity index (χ1) is 14.5. The number of hydrogen-bond acceptors (Lipinski definition) is 4. The summed E-state index contributed by atoms with van der Waals surface area (Å²) >= 11 is 0. The topological polar surface area (TPSA) is 45.9 Å². The number of likely N-dealkylation sites (tertiary alicyclic amines) is 2. The first-order valence-corrected chi connectivity index (χ1v) is 10.3. The third-order valence-electron chi connectivity index (χ3n) is 5.92. The van der Waals surface area contributed by atoms with E-state index >= 15 is 0 Å². The molecule has 1 aromatic carbocycles. The molecule has 2 fully saturated rings. The highest BCUT2D eigenvalue weighted by molar-refractivity contribution is 5.79. The van der Waals surface area contributed by atoms with Gasteiger partial charge in [0.15, 0.2) is 17.4 Å². The van der Waals surface area contributed by atoms with Crippen molar-refractivity contribution in [2.24, 2.45) is 5.92 Å². The lowest BCUT2D eigenvalue weighted by atomic mass is 9.94. The molecule has 5 nitrogen and oxygen atoms in total. The summed E-state index contributed by atoms with van der Waals surface area (Å²) < 4.78 is 51.2. The van der Waals surface area contributed by atoms with Crippen LogP contribution in [0.5, 0.6) is 5.75 Å². The van der Waals surface area contributed by atoms with Crippen molar-refractivity contribution < 1.29 is 27.1 Å². The molecular weight excluding hydrogens is 397 g/mol. The Morgan fingerprint density at radius 2 is 1.70 bits per heavy atom. The van der Waals surface area contributed by atoms with E-state index in [-0.39, 0.29) is 11.8 Å². The van der Waals surface area contributed by atoms with E-state index in [1.807, 2.05) is 11.0 Å². The minimum absolute atomic E-state index is 0.00931. The molecule has 3 heterocycles. The predicted molar refractivity (Wildman–Crippen MR) is 103 cm³/mol. The molecule has 0 spiro atoms. The van der Waals surface area contributed by atoms with Crippen molar-refractivity contribution in [1.82, 2.24) is 9.80 Å². The van der Waals surface area contributed by atoms with Crippen LogP contribution in [0.3, 0.4) is 0 Å². The minimum Gasteiger partial charge on any atom is -0.484 e. The highest BCUT2D eigenvalue weighted by Gasteiger charge is 2.32. The van der Waals surface area contributed by atoms with Gasteiger partial charge in [-0.25, -0.2) is 13.2 Å². The molecule has 0 atom stereocenters. The third-order valence-corrected chi connectivity index (χ3v) is 5.92. The van der Waals surface area contributed by atoms with E-state index in [4.69, 9.17) is 9.15 Å². The van der Waals surface area contributed by atoms with Gasteiger partial charge in [0, 0.05) is 56.1 Å². The van der Waals surface area contributed by atoms with E-state index in [1.165, 1.54) is 0 Å². The van der Waals surface area contributed by atoms with Gasteiger partial charge < -0.3 is 14.1 Å². The minimum atomic E-state index is -1.05. The highest BCUT2D eigenvalue weighted by Crippen LogP contribution is 2.28. The fourth-order valence-corrected chi connectivity index (χ4v) is 4.24. The van der Waals surface area contributed by atoms with Crippen LogP contribution in [0.2, 0.25) is 0 Å². The number of hydrogen-bond donors (Lipinski definition) is 0. The zero-order valence-corrected chi connectivity index (χ0v) is 16.7. The van der Waals surface area contributed by atoms with Crippen molar-refractivity contribution in [2.45, 2.75) is 38.3 Å². The molecule has 2 aliphatic heterocycles. The molecule has 0 saturated carbocycles. The monoisotopic (exact) mass is 422 g/mol. The van der Waals surface area contributed by atoms with Gasteiger partial charge in [0.1, 0.15) is 11.9 Å². The van der Waals surface area contributed by atoms with Gasteiger partial charge in [0.05, 0.1) is 12.5 Å². The maximum absolute atomic E-state index is 13.8. The van der Waals surface area contributed by atoms with Gasteiger partial charge in [0.25, 0.3) is 0 Å². The molecule has 0 bridgehead atoms. The summed E-state index contributed by atoms with van der Waals surface area (Å²) in [6, 6.07) is 3.17. The molecule has 0 unspecified atom stereocenters. The second-order valence-electron chi connectivity index (χ2n) is 8.02. The Labute approximate surface area is 173 Å². The largest absolute Gasteiger partial charge is 0.484 e. The quantitative estimate of drug-likeness (QED) is 0.731. The van der Waals surface area contributed by atoms with Crippen molar-refractivity contribution in [3.05, 3.63) is 53.7 Å². The van der Waals surface area contributed by atoms with E-state index in [2.05, 4.69) is 4.90 Å². The van der Waals surface area contributed by atoms with Crippen LogP contribution in [0.4, 0.5) is 13.2 Å². The number of carbonyl (C=O) groups is 1. The fraction of sp³-hybridized carbons (Fsp3) is 0.500. The van der Waals surface area contributed by atoms with Crippen LogP contribution >= 0.6 is 0 Å². The Morgan fingerprint density at radius 1 is 1.03 bits per heavy atom. The van der Waals surface area contributed by atoms with E-state index < -0.39 is 29.3 Å². The average molecular weight is 422 g/mol. The van der Waals surface area contributed by atoms with Gasteiger partial charge in [0.2, 0.25) is 5.91 Å². The van der Waals surface area contributed by atoms with E-state index in [0.29, 0.717) is 38.1 Å².